The van der Waals surface area contributed by atoms with Crippen LogP contribution >= 0.6 is 0 Å². The summed E-state index contributed by atoms with van der Waals surface area (Å²) in [6.07, 6.45) is 4.91. The number of piperidine rings is 1. The lowest BCUT2D eigenvalue weighted by molar-refractivity contribution is 0.460. The van der Waals surface area contributed by atoms with Crippen molar-refractivity contribution in [3.63, 3.8) is 0 Å². The number of nitrogens with one attached hydrogen (secondary N) is 2. The number of aliphatic imine (C=N–C) groups is 1. The fourth-order valence-electron chi connectivity index (χ4n) is 3.34. The molecule has 0 saturated carbocycles. The Labute approximate surface area is 155 Å². The molecule has 26 heavy (non-hydrogen) atoms. The second kappa shape index (κ2) is 9.22. The molecule has 0 radical (unpaired) electrons. The molecule has 140 valence electrons. The number of benzene rings is 1. The molecule has 0 amide bonds. The van der Waals surface area contributed by atoms with Crippen molar-refractivity contribution in [3.8, 4) is 0 Å². The average molecular weight is 355 g/mol. The van der Waals surface area contributed by atoms with Gasteiger partial charge in [0.15, 0.2) is 5.96 Å². The summed E-state index contributed by atoms with van der Waals surface area (Å²) >= 11 is 0. The predicted molar refractivity (Wildman–Crippen MR) is 106 cm³/mol. The second-order valence-electron chi connectivity index (χ2n) is 6.53. The van der Waals surface area contributed by atoms with E-state index in [0.717, 1.165) is 57.2 Å². The molecule has 0 unspecified atom stereocenters. The molecule has 1 saturated heterocycles. The molecule has 3 rings (SSSR count). The Balaban J connectivity index is 1.42. The first kappa shape index (κ1) is 18.2. The van der Waals surface area contributed by atoms with Crippen molar-refractivity contribution >= 4 is 11.6 Å². The molecule has 2 heterocycles. The van der Waals surface area contributed by atoms with Gasteiger partial charge < -0.3 is 20.1 Å². The van der Waals surface area contributed by atoms with Crippen LogP contribution < -0.4 is 15.5 Å². The van der Waals surface area contributed by atoms with Crippen LogP contribution in [0.2, 0.25) is 0 Å². The molecular formula is C19H29N7. The van der Waals surface area contributed by atoms with Gasteiger partial charge in [0.25, 0.3) is 0 Å². The monoisotopic (exact) mass is 355 g/mol. The van der Waals surface area contributed by atoms with Crippen LogP contribution in [0.3, 0.4) is 0 Å². The smallest absolute Gasteiger partial charge is 0.191 e. The Morgan fingerprint density at radius 1 is 1.23 bits per heavy atom. The van der Waals surface area contributed by atoms with Gasteiger partial charge in [-0.15, -0.1) is 10.2 Å². The number of para-hydroxylation sites is 1. The molecule has 1 aromatic heterocycles. The van der Waals surface area contributed by atoms with E-state index in [0.29, 0.717) is 6.04 Å². The molecule has 0 bridgehead atoms. The minimum atomic E-state index is 0.460. The van der Waals surface area contributed by atoms with Crippen molar-refractivity contribution in [2.24, 2.45) is 4.99 Å². The summed E-state index contributed by atoms with van der Waals surface area (Å²) in [7, 11) is 1.82. The minimum absolute atomic E-state index is 0.460. The molecule has 1 aliphatic rings. The van der Waals surface area contributed by atoms with E-state index in [2.05, 4.69) is 72.5 Å². The molecular weight excluding hydrogens is 326 g/mol. The van der Waals surface area contributed by atoms with E-state index < -0.39 is 0 Å². The molecule has 1 aliphatic heterocycles. The van der Waals surface area contributed by atoms with Crippen molar-refractivity contribution < 1.29 is 0 Å². The maximum atomic E-state index is 4.36. The minimum Gasteiger partial charge on any atom is -0.371 e. The maximum absolute atomic E-state index is 4.36. The van der Waals surface area contributed by atoms with Crippen LogP contribution in [-0.4, -0.2) is 53.4 Å². The number of hydrogen-bond acceptors (Lipinski definition) is 4. The summed E-state index contributed by atoms with van der Waals surface area (Å²) in [5.41, 5.74) is 1.31. The van der Waals surface area contributed by atoms with Gasteiger partial charge in [0.05, 0.1) is 0 Å². The lowest BCUT2D eigenvalue weighted by Crippen LogP contribution is -2.49. The maximum Gasteiger partial charge on any atom is 0.191 e. The van der Waals surface area contributed by atoms with Crippen LogP contribution in [0.15, 0.2) is 41.7 Å². The standard InChI is InChI=1S/C19H29N7/c1-3-18-24-22-15-26(18)14-11-21-19(20-2)23-16-9-12-25(13-10-16)17-7-5-4-6-8-17/h4-8,15-16H,3,9-14H2,1-2H3,(H2,20,21,23). The van der Waals surface area contributed by atoms with Crippen molar-refractivity contribution in [1.29, 1.82) is 0 Å². The fourth-order valence-corrected chi connectivity index (χ4v) is 3.34. The number of nitrogens with zero attached hydrogens (tertiary/aromatic N) is 5. The van der Waals surface area contributed by atoms with E-state index >= 15 is 0 Å². The van der Waals surface area contributed by atoms with Crippen LogP contribution in [0.4, 0.5) is 5.69 Å². The Morgan fingerprint density at radius 2 is 2.00 bits per heavy atom. The zero-order valence-corrected chi connectivity index (χ0v) is 15.7. The van der Waals surface area contributed by atoms with Gasteiger partial charge in [-0.2, -0.15) is 0 Å². The van der Waals surface area contributed by atoms with Gasteiger partial charge in [0.1, 0.15) is 12.2 Å². The molecule has 1 aromatic carbocycles. The van der Waals surface area contributed by atoms with Gasteiger partial charge in [-0.1, -0.05) is 25.1 Å². The van der Waals surface area contributed by atoms with E-state index in [4.69, 9.17) is 0 Å². The first-order valence-corrected chi connectivity index (χ1v) is 9.44. The summed E-state index contributed by atoms with van der Waals surface area (Å²) in [6, 6.07) is 11.1. The molecule has 1 fully saturated rings. The van der Waals surface area contributed by atoms with Crippen LogP contribution in [-0.2, 0) is 13.0 Å². The molecule has 0 atom stereocenters. The van der Waals surface area contributed by atoms with E-state index in [1.807, 2.05) is 7.05 Å². The summed E-state index contributed by atoms with van der Waals surface area (Å²) < 4.78 is 2.08. The zero-order valence-electron chi connectivity index (χ0n) is 15.7. The van der Waals surface area contributed by atoms with Crippen molar-refractivity contribution in [2.45, 2.75) is 38.8 Å². The van der Waals surface area contributed by atoms with E-state index in [1.54, 1.807) is 6.33 Å². The van der Waals surface area contributed by atoms with Gasteiger partial charge in [-0.3, -0.25) is 4.99 Å². The summed E-state index contributed by atoms with van der Waals surface area (Å²) in [5, 5.41) is 15.0. The highest BCUT2D eigenvalue weighted by atomic mass is 15.3. The van der Waals surface area contributed by atoms with Gasteiger partial charge in [-0.05, 0) is 25.0 Å². The lowest BCUT2D eigenvalue weighted by atomic mass is 10.0. The number of rotatable bonds is 6. The first-order chi connectivity index (χ1) is 12.8. The van der Waals surface area contributed by atoms with Gasteiger partial charge >= 0.3 is 0 Å². The predicted octanol–water partition coefficient (Wildman–Crippen LogP) is 1.67. The average Bonchev–Trinajstić information content (AvgIpc) is 3.16. The largest absolute Gasteiger partial charge is 0.371 e. The molecule has 0 spiro atoms. The first-order valence-electron chi connectivity index (χ1n) is 9.44. The van der Waals surface area contributed by atoms with Crippen molar-refractivity contribution in [1.82, 2.24) is 25.4 Å². The third kappa shape index (κ3) is 4.74. The van der Waals surface area contributed by atoms with Gasteiger partial charge in [-0.25, -0.2) is 0 Å². The Bertz CT molecular complexity index is 687. The topological polar surface area (TPSA) is 70.4 Å². The van der Waals surface area contributed by atoms with E-state index in [9.17, 15) is 0 Å². The number of anilines is 1. The van der Waals surface area contributed by atoms with Gasteiger partial charge in [0.2, 0.25) is 0 Å². The fraction of sp³-hybridized carbons (Fsp3) is 0.526. The molecule has 7 heteroatoms. The van der Waals surface area contributed by atoms with E-state index in [1.165, 1.54) is 5.69 Å². The number of guanidine groups is 1. The highest BCUT2D eigenvalue weighted by Crippen LogP contribution is 2.19. The van der Waals surface area contributed by atoms with Crippen LogP contribution in [0.1, 0.15) is 25.6 Å². The highest BCUT2D eigenvalue weighted by Gasteiger charge is 2.20. The van der Waals surface area contributed by atoms with Gasteiger partial charge in [0, 0.05) is 51.4 Å². The van der Waals surface area contributed by atoms with Crippen LogP contribution in [0, 0.1) is 0 Å². The SMILES string of the molecule is CCc1nncn1CCNC(=NC)NC1CCN(c2ccccc2)CC1. The summed E-state index contributed by atoms with van der Waals surface area (Å²) in [5.74, 6) is 1.89. The Hall–Kier alpha value is -2.57. The molecule has 2 N–H and O–H groups in total. The summed E-state index contributed by atoms with van der Waals surface area (Å²) in [6.45, 7) is 5.87. The third-order valence-corrected chi connectivity index (χ3v) is 4.84. The quantitative estimate of drug-likeness (QED) is 0.609. The number of hydrogen-bond donors (Lipinski definition) is 2. The number of aryl methyl sites for hydroxylation is 1. The lowest BCUT2D eigenvalue weighted by Gasteiger charge is -2.34. The normalized spacial score (nSPS) is 15.9. The van der Waals surface area contributed by atoms with E-state index in [-0.39, 0.29) is 0 Å². The zero-order chi connectivity index (χ0) is 18.2. The van der Waals surface area contributed by atoms with Crippen molar-refractivity contribution in [2.75, 3.05) is 31.6 Å². The van der Waals surface area contributed by atoms with Crippen molar-refractivity contribution in [3.05, 3.63) is 42.5 Å². The molecule has 2 aromatic rings. The van der Waals surface area contributed by atoms with Crippen LogP contribution in [0.5, 0.6) is 0 Å². The number of aromatic nitrogens is 3. The molecule has 7 nitrogen and oxygen atoms in total. The highest BCUT2D eigenvalue weighted by molar-refractivity contribution is 5.79. The third-order valence-electron chi connectivity index (χ3n) is 4.84. The van der Waals surface area contributed by atoms with Crippen LogP contribution in [0.25, 0.3) is 0 Å². The Morgan fingerprint density at radius 3 is 2.69 bits per heavy atom. The second-order valence-corrected chi connectivity index (χ2v) is 6.53. The molecule has 0 aliphatic carbocycles. The summed E-state index contributed by atoms with van der Waals surface area (Å²) in [4.78, 5) is 6.81. The Kier molecular flexibility index (Phi) is 6.46.